The fraction of sp³-hybridized carbons (Fsp3) is 0.600. The van der Waals surface area contributed by atoms with E-state index in [1.807, 2.05) is 20.8 Å². The summed E-state index contributed by atoms with van der Waals surface area (Å²) < 4.78 is 5.37. The molecule has 2 rings (SSSR count). The molecule has 1 aromatic heterocycles. The van der Waals surface area contributed by atoms with Gasteiger partial charge in [-0.3, -0.25) is 4.79 Å². The Bertz CT molecular complexity index is 632. The molecule has 1 atom stereocenters. The van der Waals surface area contributed by atoms with Crippen LogP contribution in [0.3, 0.4) is 0 Å². The number of nitrogen functional groups attached to an aromatic ring is 1. The van der Waals surface area contributed by atoms with Gasteiger partial charge in [-0.05, 0) is 33.6 Å². The maximum absolute atomic E-state index is 12.3. The second-order valence-corrected chi connectivity index (χ2v) is 7.04. The molecule has 0 saturated carbocycles. The lowest BCUT2D eigenvalue weighted by atomic mass is 10.1. The zero-order valence-electron chi connectivity index (χ0n) is 14.0. The Morgan fingerprint density at radius 2 is 2.12 bits per heavy atom. The van der Waals surface area contributed by atoms with E-state index in [0.717, 1.165) is 12.8 Å². The smallest absolute Gasteiger partial charge is 0.410 e. The Morgan fingerprint density at radius 1 is 1.42 bits per heavy atom. The highest BCUT2D eigenvalue weighted by Crippen LogP contribution is 2.20. The van der Waals surface area contributed by atoms with Crippen LogP contribution < -0.4 is 11.1 Å². The van der Waals surface area contributed by atoms with E-state index in [9.17, 15) is 9.59 Å². The summed E-state index contributed by atoms with van der Waals surface area (Å²) in [6, 6.07) is -0.203. The summed E-state index contributed by atoms with van der Waals surface area (Å²) in [4.78, 5) is 33.6. The van der Waals surface area contributed by atoms with Gasteiger partial charge in [0.15, 0.2) is 5.69 Å². The van der Waals surface area contributed by atoms with Gasteiger partial charge in [-0.1, -0.05) is 11.6 Å². The first-order valence-electron chi connectivity index (χ1n) is 7.72. The lowest BCUT2D eigenvalue weighted by molar-refractivity contribution is 0.0185. The number of ether oxygens (including phenoxy) is 1. The summed E-state index contributed by atoms with van der Waals surface area (Å²) in [5.74, 6) is -0.388. The van der Waals surface area contributed by atoms with Crippen LogP contribution in [0, 0.1) is 0 Å². The van der Waals surface area contributed by atoms with Gasteiger partial charge in [0, 0.05) is 19.1 Å². The fourth-order valence-corrected chi connectivity index (χ4v) is 2.57. The highest BCUT2D eigenvalue weighted by Gasteiger charge is 2.29. The number of rotatable bonds is 2. The number of aromatic nitrogens is 2. The molecule has 2 amide bonds. The van der Waals surface area contributed by atoms with E-state index >= 15 is 0 Å². The van der Waals surface area contributed by atoms with Gasteiger partial charge in [-0.2, -0.15) is 0 Å². The molecule has 132 valence electrons. The van der Waals surface area contributed by atoms with Crippen LogP contribution >= 0.6 is 11.6 Å². The Kier molecular flexibility index (Phi) is 5.48. The molecule has 1 aliphatic heterocycles. The third kappa shape index (κ3) is 4.70. The molecule has 0 aromatic carbocycles. The summed E-state index contributed by atoms with van der Waals surface area (Å²) in [5, 5.41) is 2.86. The second-order valence-electron chi connectivity index (χ2n) is 6.66. The molecule has 0 unspecified atom stereocenters. The quantitative estimate of drug-likeness (QED) is 0.837. The molecule has 0 aliphatic carbocycles. The molecule has 0 spiro atoms. The third-order valence-corrected chi connectivity index (χ3v) is 3.81. The zero-order valence-corrected chi connectivity index (χ0v) is 14.8. The van der Waals surface area contributed by atoms with E-state index < -0.39 is 11.5 Å². The first-order valence-corrected chi connectivity index (χ1v) is 8.10. The summed E-state index contributed by atoms with van der Waals surface area (Å²) in [7, 11) is 0. The SMILES string of the molecule is CC(C)(C)OC(=O)N1CCC[C@@H](NC(=O)c2ncnc(N)c2Cl)C1. The van der Waals surface area contributed by atoms with E-state index in [0.29, 0.717) is 13.1 Å². The zero-order chi connectivity index (χ0) is 17.9. The number of anilines is 1. The van der Waals surface area contributed by atoms with Gasteiger partial charge in [0.1, 0.15) is 22.8 Å². The van der Waals surface area contributed by atoms with Crippen molar-refractivity contribution in [2.75, 3.05) is 18.8 Å². The largest absolute Gasteiger partial charge is 0.444 e. The van der Waals surface area contributed by atoms with Gasteiger partial charge in [-0.25, -0.2) is 14.8 Å². The lowest BCUT2D eigenvalue weighted by Crippen LogP contribution is -2.50. The molecule has 8 nitrogen and oxygen atoms in total. The van der Waals surface area contributed by atoms with Crippen molar-refractivity contribution in [3.05, 3.63) is 17.0 Å². The Labute approximate surface area is 145 Å². The van der Waals surface area contributed by atoms with Gasteiger partial charge in [0.25, 0.3) is 5.91 Å². The minimum Gasteiger partial charge on any atom is -0.444 e. The van der Waals surface area contributed by atoms with Crippen molar-refractivity contribution >= 4 is 29.4 Å². The molecule has 1 aliphatic rings. The molecule has 3 N–H and O–H groups in total. The van der Waals surface area contributed by atoms with Crippen LogP contribution in [0.25, 0.3) is 0 Å². The number of amides is 2. The van der Waals surface area contributed by atoms with E-state index in [4.69, 9.17) is 22.1 Å². The van der Waals surface area contributed by atoms with Crippen molar-refractivity contribution < 1.29 is 14.3 Å². The van der Waals surface area contributed by atoms with E-state index in [1.54, 1.807) is 4.90 Å². The average Bonchev–Trinajstić information content (AvgIpc) is 2.48. The highest BCUT2D eigenvalue weighted by molar-refractivity contribution is 6.35. The molecular weight excluding hydrogens is 334 g/mol. The second kappa shape index (κ2) is 7.21. The van der Waals surface area contributed by atoms with E-state index in [2.05, 4.69) is 15.3 Å². The van der Waals surface area contributed by atoms with Crippen molar-refractivity contribution in [2.24, 2.45) is 0 Å². The summed E-state index contributed by atoms with van der Waals surface area (Å²) in [6.07, 6.45) is 2.32. The molecule has 1 fully saturated rings. The van der Waals surface area contributed by atoms with E-state index in [1.165, 1.54) is 6.33 Å². The molecule has 0 radical (unpaired) electrons. The molecule has 9 heteroatoms. The fourth-order valence-electron chi connectivity index (χ4n) is 2.38. The predicted octanol–water partition coefficient (Wildman–Crippen LogP) is 1.84. The summed E-state index contributed by atoms with van der Waals surface area (Å²) in [6.45, 7) is 6.42. The standard InChI is InChI=1S/C15H22ClN5O3/c1-15(2,3)24-14(23)21-6-4-5-9(7-21)20-13(22)11-10(16)12(17)19-8-18-11/h8-9H,4-7H2,1-3H3,(H,20,22)(H2,17,18,19)/t9-/m1/s1. The van der Waals surface area contributed by atoms with Crippen molar-refractivity contribution in [1.29, 1.82) is 0 Å². The average molecular weight is 356 g/mol. The number of nitrogens with one attached hydrogen (secondary N) is 1. The number of carbonyl (C=O) groups is 2. The predicted molar refractivity (Wildman–Crippen MR) is 89.7 cm³/mol. The number of carbonyl (C=O) groups excluding carboxylic acids is 2. The third-order valence-electron chi connectivity index (χ3n) is 3.44. The molecule has 1 aromatic rings. The number of halogens is 1. The van der Waals surface area contributed by atoms with Crippen LogP contribution in [-0.4, -0.2) is 51.6 Å². The van der Waals surface area contributed by atoms with Crippen LogP contribution in [0.2, 0.25) is 5.02 Å². The first-order chi connectivity index (χ1) is 11.2. The number of nitrogens with two attached hydrogens (primary N) is 1. The van der Waals surface area contributed by atoms with Crippen LogP contribution in [0.1, 0.15) is 44.1 Å². The normalized spacial score (nSPS) is 18.2. The first kappa shape index (κ1) is 18.3. The maximum atomic E-state index is 12.3. The minimum atomic E-state index is -0.556. The van der Waals surface area contributed by atoms with Crippen LogP contribution in [0.15, 0.2) is 6.33 Å². The van der Waals surface area contributed by atoms with Crippen molar-refractivity contribution in [2.45, 2.75) is 45.3 Å². The van der Waals surface area contributed by atoms with Crippen molar-refractivity contribution in [3.8, 4) is 0 Å². The number of hydrogen-bond acceptors (Lipinski definition) is 6. The number of piperidine rings is 1. The van der Waals surface area contributed by atoms with Crippen LogP contribution in [-0.2, 0) is 4.74 Å². The van der Waals surface area contributed by atoms with Crippen molar-refractivity contribution in [1.82, 2.24) is 20.2 Å². The molecule has 2 heterocycles. The number of nitrogens with zero attached hydrogens (tertiary/aromatic N) is 3. The van der Waals surface area contributed by atoms with Crippen molar-refractivity contribution in [3.63, 3.8) is 0 Å². The summed E-state index contributed by atoms with van der Waals surface area (Å²) >= 11 is 5.96. The maximum Gasteiger partial charge on any atom is 0.410 e. The van der Waals surface area contributed by atoms with Gasteiger partial charge in [0.05, 0.1) is 0 Å². The van der Waals surface area contributed by atoms with Gasteiger partial charge in [0.2, 0.25) is 0 Å². The lowest BCUT2D eigenvalue weighted by Gasteiger charge is -2.34. The van der Waals surface area contributed by atoms with Gasteiger partial charge >= 0.3 is 6.09 Å². The molecule has 1 saturated heterocycles. The number of hydrogen-bond donors (Lipinski definition) is 2. The summed E-state index contributed by atoms with van der Waals surface area (Å²) in [5.41, 5.74) is 5.05. The van der Waals surface area contributed by atoms with Crippen LogP contribution in [0.5, 0.6) is 0 Å². The Hall–Kier alpha value is -2.09. The Balaban J connectivity index is 1.99. The topological polar surface area (TPSA) is 110 Å². The van der Waals surface area contributed by atoms with E-state index in [-0.39, 0.29) is 28.7 Å². The van der Waals surface area contributed by atoms with Gasteiger partial charge < -0.3 is 20.7 Å². The monoisotopic (exact) mass is 355 g/mol. The molecular formula is C15H22ClN5O3. The molecule has 24 heavy (non-hydrogen) atoms. The van der Waals surface area contributed by atoms with Gasteiger partial charge in [-0.15, -0.1) is 0 Å². The number of likely N-dealkylation sites (tertiary alicyclic amines) is 1. The minimum absolute atomic E-state index is 0.0230. The molecule has 0 bridgehead atoms. The Morgan fingerprint density at radius 3 is 2.79 bits per heavy atom. The van der Waals surface area contributed by atoms with Crippen LogP contribution in [0.4, 0.5) is 10.6 Å². The highest BCUT2D eigenvalue weighted by atomic mass is 35.5.